The second-order valence-corrected chi connectivity index (χ2v) is 6.17. The van der Waals surface area contributed by atoms with Crippen LogP contribution in [0, 0.1) is 25.2 Å². The van der Waals surface area contributed by atoms with E-state index in [9.17, 15) is 5.26 Å². The molecule has 1 N–H and O–H groups in total. The molecule has 3 nitrogen and oxygen atoms in total. The summed E-state index contributed by atoms with van der Waals surface area (Å²) in [4.78, 5) is 4.51. The van der Waals surface area contributed by atoms with E-state index < -0.39 is 5.54 Å². The molecule has 0 spiro atoms. The van der Waals surface area contributed by atoms with Gasteiger partial charge in [0, 0.05) is 5.69 Å². The highest BCUT2D eigenvalue weighted by Crippen LogP contribution is 2.21. The molecule has 1 rings (SSSR count). The molecular formula is C15H23N3S. The minimum absolute atomic E-state index is 0.398. The average Bonchev–Trinajstić information content (AvgIpc) is 2.34. The van der Waals surface area contributed by atoms with Gasteiger partial charge in [0.25, 0.3) is 0 Å². The van der Waals surface area contributed by atoms with Crippen molar-refractivity contribution >= 4 is 11.8 Å². The zero-order valence-electron chi connectivity index (χ0n) is 12.3. The summed E-state index contributed by atoms with van der Waals surface area (Å²) in [5.41, 5.74) is 1.92. The van der Waals surface area contributed by atoms with Crippen molar-refractivity contribution in [3.63, 3.8) is 0 Å². The molecule has 1 unspecified atom stereocenters. The Hall–Kier alpha value is -1.05. The molecule has 1 aromatic heterocycles. The molecule has 0 aromatic carbocycles. The Morgan fingerprint density at radius 2 is 2.16 bits per heavy atom. The summed E-state index contributed by atoms with van der Waals surface area (Å²) in [6.45, 7) is 8.95. The van der Waals surface area contributed by atoms with E-state index in [1.807, 2.05) is 20.8 Å². The normalized spacial score (nSPS) is 13.8. The number of aryl methyl sites for hydroxylation is 2. The van der Waals surface area contributed by atoms with E-state index in [1.165, 1.54) is 5.56 Å². The van der Waals surface area contributed by atoms with Crippen molar-refractivity contribution in [2.75, 3.05) is 12.3 Å². The van der Waals surface area contributed by atoms with E-state index in [2.05, 4.69) is 35.4 Å². The van der Waals surface area contributed by atoms with Gasteiger partial charge in [0.1, 0.15) is 5.54 Å². The van der Waals surface area contributed by atoms with Crippen LogP contribution in [-0.4, -0.2) is 22.8 Å². The maximum Gasteiger partial charge on any atom is 0.103 e. The van der Waals surface area contributed by atoms with Crippen molar-refractivity contribution in [3.8, 4) is 6.07 Å². The lowest BCUT2D eigenvalue weighted by Gasteiger charge is -2.22. The summed E-state index contributed by atoms with van der Waals surface area (Å²) < 4.78 is 0. The molecule has 0 fully saturated rings. The summed E-state index contributed by atoms with van der Waals surface area (Å²) in [7, 11) is 0. The van der Waals surface area contributed by atoms with Crippen molar-refractivity contribution in [3.05, 3.63) is 23.4 Å². The minimum Gasteiger partial charge on any atom is -0.300 e. The van der Waals surface area contributed by atoms with E-state index >= 15 is 0 Å². The van der Waals surface area contributed by atoms with Gasteiger partial charge in [0.15, 0.2) is 0 Å². The maximum atomic E-state index is 9.17. The van der Waals surface area contributed by atoms with Crippen molar-refractivity contribution in [2.45, 2.75) is 51.1 Å². The van der Waals surface area contributed by atoms with E-state index in [0.717, 1.165) is 35.9 Å². The Morgan fingerprint density at radius 1 is 1.42 bits per heavy atom. The predicted octanol–water partition coefficient (Wildman–Crippen LogP) is 3.46. The van der Waals surface area contributed by atoms with Crippen LogP contribution >= 0.6 is 11.8 Å². The van der Waals surface area contributed by atoms with Crippen molar-refractivity contribution in [1.29, 1.82) is 5.26 Å². The van der Waals surface area contributed by atoms with Gasteiger partial charge in [-0.2, -0.15) is 5.26 Å². The summed E-state index contributed by atoms with van der Waals surface area (Å²) in [6.07, 6.45) is 1.88. The molecule has 1 atom stereocenters. The van der Waals surface area contributed by atoms with Gasteiger partial charge in [-0.25, -0.2) is 4.98 Å². The minimum atomic E-state index is -0.398. The molecule has 0 radical (unpaired) electrons. The molecule has 0 aliphatic heterocycles. The molecule has 0 saturated carbocycles. The van der Waals surface area contributed by atoms with Crippen LogP contribution in [0.4, 0.5) is 0 Å². The summed E-state index contributed by atoms with van der Waals surface area (Å²) in [5, 5.41) is 13.5. The highest BCUT2D eigenvalue weighted by Gasteiger charge is 2.21. The van der Waals surface area contributed by atoms with Gasteiger partial charge in [0.2, 0.25) is 0 Å². The highest BCUT2D eigenvalue weighted by molar-refractivity contribution is 7.99. The Labute approximate surface area is 120 Å². The first-order valence-corrected chi connectivity index (χ1v) is 7.72. The van der Waals surface area contributed by atoms with Gasteiger partial charge < -0.3 is 0 Å². The first kappa shape index (κ1) is 16.0. The number of hydrogen-bond acceptors (Lipinski definition) is 4. The van der Waals surface area contributed by atoms with Gasteiger partial charge in [-0.3, -0.25) is 5.32 Å². The predicted molar refractivity (Wildman–Crippen MR) is 81.4 cm³/mol. The van der Waals surface area contributed by atoms with Gasteiger partial charge in [0.05, 0.1) is 11.1 Å². The number of nitrogens with one attached hydrogen (secondary N) is 1. The summed E-state index contributed by atoms with van der Waals surface area (Å²) >= 11 is 1.77. The van der Waals surface area contributed by atoms with Gasteiger partial charge in [-0.05, 0) is 63.6 Å². The number of nitriles is 1. The van der Waals surface area contributed by atoms with Crippen LogP contribution in [0.5, 0.6) is 0 Å². The number of rotatable bonds is 7. The molecular weight excluding hydrogens is 254 g/mol. The fourth-order valence-corrected chi connectivity index (χ4v) is 3.03. The van der Waals surface area contributed by atoms with Crippen molar-refractivity contribution in [1.82, 2.24) is 10.3 Å². The number of pyridine rings is 1. The molecule has 0 amide bonds. The maximum absolute atomic E-state index is 9.17. The average molecular weight is 277 g/mol. The topological polar surface area (TPSA) is 48.7 Å². The van der Waals surface area contributed by atoms with Crippen LogP contribution in [0.15, 0.2) is 17.2 Å². The van der Waals surface area contributed by atoms with Gasteiger partial charge in [-0.1, -0.05) is 6.92 Å². The Balaban J connectivity index is 2.40. The molecule has 19 heavy (non-hydrogen) atoms. The lowest BCUT2D eigenvalue weighted by Crippen LogP contribution is -2.40. The molecule has 0 saturated heterocycles. The third-order valence-electron chi connectivity index (χ3n) is 2.96. The monoisotopic (exact) mass is 277 g/mol. The summed E-state index contributed by atoms with van der Waals surface area (Å²) in [6, 6.07) is 6.56. The number of nitrogens with zero attached hydrogens (tertiary/aromatic N) is 2. The van der Waals surface area contributed by atoms with Crippen LogP contribution in [0.2, 0.25) is 0 Å². The first-order valence-electron chi connectivity index (χ1n) is 6.73. The number of hydrogen-bond donors (Lipinski definition) is 1. The fourth-order valence-electron chi connectivity index (χ4n) is 2.05. The third kappa shape index (κ3) is 5.63. The fraction of sp³-hybridized carbons (Fsp3) is 0.600. The Kier molecular flexibility index (Phi) is 6.33. The molecule has 1 aromatic rings. The number of aromatic nitrogens is 1. The Bertz CT molecular complexity index is 433. The van der Waals surface area contributed by atoms with Crippen molar-refractivity contribution < 1.29 is 0 Å². The largest absolute Gasteiger partial charge is 0.300 e. The summed E-state index contributed by atoms with van der Waals surface area (Å²) in [5.74, 6) is 0.999. The van der Waals surface area contributed by atoms with Crippen LogP contribution in [0.25, 0.3) is 0 Å². The van der Waals surface area contributed by atoms with Gasteiger partial charge in [-0.15, -0.1) is 11.8 Å². The van der Waals surface area contributed by atoms with Gasteiger partial charge >= 0.3 is 0 Å². The van der Waals surface area contributed by atoms with Crippen LogP contribution < -0.4 is 5.32 Å². The highest BCUT2D eigenvalue weighted by atomic mass is 32.2. The lowest BCUT2D eigenvalue weighted by atomic mass is 9.98. The molecule has 1 heterocycles. The smallest absolute Gasteiger partial charge is 0.103 e. The first-order chi connectivity index (χ1) is 8.99. The zero-order valence-corrected chi connectivity index (χ0v) is 13.1. The third-order valence-corrected chi connectivity index (χ3v) is 3.96. The quantitative estimate of drug-likeness (QED) is 0.612. The van der Waals surface area contributed by atoms with Crippen LogP contribution in [-0.2, 0) is 0 Å². The Morgan fingerprint density at radius 3 is 2.74 bits per heavy atom. The molecule has 0 aliphatic rings. The molecule has 104 valence electrons. The lowest BCUT2D eigenvalue weighted by molar-refractivity contribution is 0.426. The second kappa shape index (κ2) is 7.52. The van der Waals surface area contributed by atoms with Crippen LogP contribution in [0.1, 0.15) is 37.9 Å². The zero-order chi connectivity index (χ0) is 14.3. The number of thioether (sulfide) groups is 1. The van der Waals surface area contributed by atoms with E-state index in [0.29, 0.717) is 0 Å². The molecule has 0 bridgehead atoms. The SMILES string of the molecule is CCNC(C)(C#N)CCCSc1cc(C)cc(C)n1. The second-order valence-electron chi connectivity index (χ2n) is 5.05. The van der Waals surface area contributed by atoms with E-state index in [4.69, 9.17) is 0 Å². The van der Waals surface area contributed by atoms with E-state index in [-0.39, 0.29) is 0 Å². The standard InChI is InChI=1S/C15H23N3S/c1-5-17-15(4,11-16)7-6-8-19-14-10-12(2)9-13(3)18-14/h9-10,17H,5-8H2,1-4H3. The molecule has 0 aliphatic carbocycles. The molecule has 4 heteroatoms. The van der Waals surface area contributed by atoms with Crippen molar-refractivity contribution in [2.24, 2.45) is 0 Å². The van der Waals surface area contributed by atoms with E-state index in [1.54, 1.807) is 11.8 Å². The van der Waals surface area contributed by atoms with Crippen LogP contribution in [0.3, 0.4) is 0 Å².